The molecule has 0 bridgehead atoms. The quantitative estimate of drug-likeness (QED) is 0.901. The van der Waals surface area contributed by atoms with Crippen LogP contribution >= 0.6 is 0 Å². The molecule has 2 unspecified atom stereocenters. The highest BCUT2D eigenvalue weighted by atomic mass is 19.1. The summed E-state index contributed by atoms with van der Waals surface area (Å²) in [5.74, 6) is 0.736. The molecule has 1 heterocycles. The van der Waals surface area contributed by atoms with E-state index in [0.29, 0.717) is 5.69 Å². The van der Waals surface area contributed by atoms with E-state index in [-0.39, 0.29) is 17.8 Å². The first kappa shape index (κ1) is 14.8. The number of anilines is 1. The number of aliphatic imine (C=N–C) groups is 1. The standard InChI is InChI=1S/C17H21FN4/c1-22(2)10-9-19-17-13-5-3-4-6-14(13)20-15-8-7-12(18)11-16(15)21-17/h3-8,11,13-14,20H,9-10H2,1-2H3,(H,19,21). The SMILES string of the molecule is CN(C)CCNC1=Nc2cc(F)ccc2NC2C=CC=CC12. The van der Waals surface area contributed by atoms with Crippen molar-refractivity contribution >= 4 is 17.2 Å². The van der Waals surface area contributed by atoms with Crippen LogP contribution in [-0.2, 0) is 0 Å². The van der Waals surface area contributed by atoms with E-state index in [4.69, 9.17) is 0 Å². The van der Waals surface area contributed by atoms with Crippen molar-refractivity contribution in [1.82, 2.24) is 10.2 Å². The number of hydrogen-bond donors (Lipinski definition) is 2. The van der Waals surface area contributed by atoms with Crippen LogP contribution in [-0.4, -0.2) is 44.0 Å². The van der Waals surface area contributed by atoms with Crippen molar-refractivity contribution in [2.75, 3.05) is 32.5 Å². The molecule has 22 heavy (non-hydrogen) atoms. The molecule has 2 aliphatic rings. The van der Waals surface area contributed by atoms with E-state index < -0.39 is 0 Å². The summed E-state index contributed by atoms with van der Waals surface area (Å²) >= 11 is 0. The number of amidine groups is 1. The number of halogens is 1. The van der Waals surface area contributed by atoms with Gasteiger partial charge in [-0.05, 0) is 26.2 Å². The molecular weight excluding hydrogens is 279 g/mol. The van der Waals surface area contributed by atoms with E-state index in [1.165, 1.54) is 12.1 Å². The molecule has 0 saturated heterocycles. The van der Waals surface area contributed by atoms with Crippen LogP contribution in [0.15, 0.2) is 47.5 Å². The lowest BCUT2D eigenvalue weighted by molar-refractivity contribution is 0.411. The Hall–Kier alpha value is -2.14. The average Bonchev–Trinajstić information content (AvgIpc) is 2.63. The van der Waals surface area contributed by atoms with E-state index >= 15 is 0 Å². The lowest BCUT2D eigenvalue weighted by Gasteiger charge is -2.25. The van der Waals surface area contributed by atoms with Crippen molar-refractivity contribution < 1.29 is 4.39 Å². The molecule has 3 rings (SSSR count). The highest BCUT2D eigenvalue weighted by Crippen LogP contribution is 2.32. The van der Waals surface area contributed by atoms with Crippen molar-refractivity contribution in [2.45, 2.75) is 6.04 Å². The van der Waals surface area contributed by atoms with E-state index in [0.717, 1.165) is 24.6 Å². The fourth-order valence-electron chi connectivity index (χ4n) is 2.67. The molecule has 0 fully saturated rings. The minimum absolute atomic E-state index is 0.127. The van der Waals surface area contributed by atoms with Gasteiger partial charge in [0, 0.05) is 19.2 Å². The molecule has 4 nitrogen and oxygen atoms in total. The zero-order valence-corrected chi connectivity index (χ0v) is 12.9. The van der Waals surface area contributed by atoms with Crippen molar-refractivity contribution in [3.05, 3.63) is 48.3 Å². The van der Waals surface area contributed by atoms with E-state index in [2.05, 4.69) is 32.7 Å². The van der Waals surface area contributed by atoms with Gasteiger partial charge in [-0.25, -0.2) is 9.38 Å². The zero-order valence-electron chi connectivity index (χ0n) is 12.9. The van der Waals surface area contributed by atoms with Crippen LogP contribution in [0.5, 0.6) is 0 Å². The van der Waals surface area contributed by atoms with Crippen molar-refractivity contribution in [3.8, 4) is 0 Å². The average molecular weight is 300 g/mol. The number of fused-ring (bicyclic) bond motifs is 2. The Morgan fingerprint density at radius 2 is 2.09 bits per heavy atom. The molecule has 0 amide bonds. The summed E-state index contributed by atoms with van der Waals surface area (Å²) in [6.45, 7) is 1.72. The maximum atomic E-state index is 13.5. The molecule has 0 aromatic heterocycles. The van der Waals surface area contributed by atoms with Gasteiger partial charge in [0.25, 0.3) is 0 Å². The topological polar surface area (TPSA) is 39.7 Å². The van der Waals surface area contributed by atoms with Gasteiger partial charge in [0.2, 0.25) is 0 Å². The number of nitrogens with zero attached hydrogens (tertiary/aromatic N) is 2. The fraction of sp³-hybridized carbons (Fsp3) is 0.353. The number of hydrogen-bond acceptors (Lipinski definition) is 4. The molecule has 1 aliphatic carbocycles. The van der Waals surface area contributed by atoms with Gasteiger partial charge in [0.1, 0.15) is 11.7 Å². The predicted octanol–water partition coefficient (Wildman–Crippen LogP) is 2.54. The highest BCUT2D eigenvalue weighted by Gasteiger charge is 2.27. The number of nitrogens with one attached hydrogen (secondary N) is 2. The van der Waals surface area contributed by atoms with Crippen molar-refractivity contribution in [3.63, 3.8) is 0 Å². The van der Waals surface area contributed by atoms with Gasteiger partial charge < -0.3 is 15.5 Å². The number of benzene rings is 1. The summed E-state index contributed by atoms with van der Waals surface area (Å²) in [6, 6.07) is 4.81. The summed E-state index contributed by atoms with van der Waals surface area (Å²) in [6.07, 6.45) is 8.30. The fourth-order valence-corrected chi connectivity index (χ4v) is 2.67. The Morgan fingerprint density at radius 3 is 2.91 bits per heavy atom. The number of rotatable bonds is 3. The molecule has 0 spiro atoms. The third-order valence-corrected chi connectivity index (χ3v) is 3.84. The van der Waals surface area contributed by atoms with Gasteiger partial charge in [0.05, 0.1) is 23.3 Å². The normalized spacial score (nSPS) is 22.5. The van der Waals surface area contributed by atoms with Crippen LogP contribution in [0.25, 0.3) is 0 Å². The van der Waals surface area contributed by atoms with Gasteiger partial charge in [-0.15, -0.1) is 0 Å². The molecule has 1 aromatic rings. The van der Waals surface area contributed by atoms with Crippen LogP contribution in [0.1, 0.15) is 0 Å². The van der Waals surface area contributed by atoms with E-state index in [1.807, 2.05) is 26.2 Å². The first-order chi connectivity index (χ1) is 10.6. The second-order valence-electron chi connectivity index (χ2n) is 5.85. The van der Waals surface area contributed by atoms with Crippen LogP contribution < -0.4 is 10.6 Å². The smallest absolute Gasteiger partial charge is 0.125 e. The predicted molar refractivity (Wildman–Crippen MR) is 89.2 cm³/mol. The first-order valence-corrected chi connectivity index (χ1v) is 7.52. The Kier molecular flexibility index (Phi) is 4.24. The number of likely N-dealkylation sites (N-methyl/N-ethyl adjacent to an activating group) is 1. The van der Waals surface area contributed by atoms with Gasteiger partial charge in [-0.1, -0.05) is 24.3 Å². The highest BCUT2D eigenvalue weighted by molar-refractivity contribution is 5.93. The molecule has 1 aromatic carbocycles. The molecule has 2 atom stereocenters. The van der Waals surface area contributed by atoms with Gasteiger partial charge in [-0.3, -0.25) is 0 Å². The van der Waals surface area contributed by atoms with Crippen LogP contribution in [0, 0.1) is 11.7 Å². The Balaban J connectivity index is 1.91. The van der Waals surface area contributed by atoms with Gasteiger partial charge >= 0.3 is 0 Å². The Labute approximate surface area is 130 Å². The van der Waals surface area contributed by atoms with Crippen LogP contribution in [0.2, 0.25) is 0 Å². The third-order valence-electron chi connectivity index (χ3n) is 3.84. The molecule has 2 N–H and O–H groups in total. The molecule has 1 aliphatic heterocycles. The van der Waals surface area contributed by atoms with E-state index in [1.54, 1.807) is 6.07 Å². The molecule has 0 saturated carbocycles. The van der Waals surface area contributed by atoms with E-state index in [9.17, 15) is 4.39 Å². The second-order valence-corrected chi connectivity index (χ2v) is 5.85. The minimum atomic E-state index is -0.270. The van der Waals surface area contributed by atoms with Gasteiger partial charge in [0.15, 0.2) is 0 Å². The summed E-state index contributed by atoms with van der Waals surface area (Å²) < 4.78 is 13.5. The monoisotopic (exact) mass is 300 g/mol. The first-order valence-electron chi connectivity index (χ1n) is 7.52. The molecule has 0 radical (unpaired) electrons. The zero-order chi connectivity index (χ0) is 15.5. The molecule has 5 heteroatoms. The van der Waals surface area contributed by atoms with Crippen LogP contribution in [0.4, 0.5) is 15.8 Å². The second kappa shape index (κ2) is 6.32. The lowest BCUT2D eigenvalue weighted by Crippen LogP contribution is -2.41. The number of allylic oxidation sites excluding steroid dienone is 2. The maximum absolute atomic E-state index is 13.5. The minimum Gasteiger partial charge on any atom is -0.376 e. The summed E-state index contributed by atoms with van der Waals surface area (Å²) in [7, 11) is 4.07. The summed E-state index contributed by atoms with van der Waals surface area (Å²) in [5, 5.41) is 6.86. The van der Waals surface area contributed by atoms with Crippen molar-refractivity contribution in [1.29, 1.82) is 0 Å². The lowest BCUT2D eigenvalue weighted by atomic mass is 9.94. The maximum Gasteiger partial charge on any atom is 0.125 e. The molecular formula is C17H21FN4. The Bertz CT molecular complexity index is 634. The summed E-state index contributed by atoms with van der Waals surface area (Å²) in [4.78, 5) is 6.80. The Morgan fingerprint density at radius 1 is 1.27 bits per heavy atom. The van der Waals surface area contributed by atoms with Crippen LogP contribution in [0.3, 0.4) is 0 Å². The summed E-state index contributed by atoms with van der Waals surface area (Å²) in [5.41, 5.74) is 1.50. The van der Waals surface area contributed by atoms with Crippen molar-refractivity contribution in [2.24, 2.45) is 10.9 Å². The van der Waals surface area contributed by atoms with Gasteiger partial charge in [-0.2, -0.15) is 0 Å². The largest absolute Gasteiger partial charge is 0.376 e. The third kappa shape index (κ3) is 3.20. The molecule has 116 valence electrons.